The Balaban J connectivity index is 1.97. The molecule has 0 spiro atoms. The first kappa shape index (κ1) is 12.9. The largest absolute Gasteiger partial charge is 0.493 e. The smallest absolute Gasteiger partial charge is 0.113 e. The Bertz CT molecular complexity index is 432. The second-order valence-electron chi connectivity index (χ2n) is 5.34. The van der Waals surface area contributed by atoms with Crippen molar-refractivity contribution < 1.29 is 4.74 Å². The average molecular weight is 242 g/mol. The van der Waals surface area contributed by atoms with Crippen LogP contribution in [0.4, 0.5) is 0 Å². The van der Waals surface area contributed by atoms with Gasteiger partial charge in [-0.25, -0.2) is 0 Å². The zero-order valence-corrected chi connectivity index (χ0v) is 11.2. The van der Waals surface area contributed by atoms with Gasteiger partial charge in [0.2, 0.25) is 0 Å². The summed E-state index contributed by atoms with van der Waals surface area (Å²) in [6.45, 7) is 11.1. The molecule has 1 atom stereocenters. The molecular weight excluding hydrogens is 220 g/mol. The molecule has 1 aromatic rings. The Kier molecular flexibility index (Phi) is 3.90. The maximum Gasteiger partial charge on any atom is 0.113 e. The lowest BCUT2D eigenvalue weighted by Gasteiger charge is -2.37. The van der Waals surface area contributed by atoms with Gasteiger partial charge in [-0.05, 0) is 31.7 Å². The molecule has 1 heteroatoms. The molecule has 1 unspecified atom stereocenters. The second-order valence-corrected chi connectivity index (χ2v) is 5.34. The molecule has 0 radical (unpaired) electrons. The van der Waals surface area contributed by atoms with E-state index in [1.54, 1.807) is 0 Å². The third-order valence-electron chi connectivity index (χ3n) is 4.06. The van der Waals surface area contributed by atoms with E-state index in [2.05, 4.69) is 32.2 Å². The highest BCUT2D eigenvalue weighted by molar-refractivity contribution is 5.23. The number of hydrogen-bond acceptors (Lipinski definition) is 1. The summed E-state index contributed by atoms with van der Waals surface area (Å²) in [5.74, 6) is 0.871. The number of rotatable bonds is 4. The van der Waals surface area contributed by atoms with Crippen LogP contribution in [0.2, 0.25) is 0 Å². The quantitative estimate of drug-likeness (QED) is 0.541. The predicted octanol–water partition coefficient (Wildman–Crippen LogP) is 4.85. The van der Waals surface area contributed by atoms with E-state index in [-0.39, 0.29) is 5.41 Å². The molecule has 2 rings (SSSR count). The van der Waals surface area contributed by atoms with Crippen LogP contribution in [0.1, 0.15) is 38.2 Å². The lowest BCUT2D eigenvalue weighted by atomic mass is 9.71. The Morgan fingerprint density at radius 2 is 2.00 bits per heavy atom. The van der Waals surface area contributed by atoms with E-state index in [1.807, 2.05) is 18.2 Å². The molecule has 96 valence electrons. The zero-order valence-electron chi connectivity index (χ0n) is 11.2. The van der Waals surface area contributed by atoms with E-state index in [9.17, 15) is 0 Å². The van der Waals surface area contributed by atoms with Crippen molar-refractivity contribution in [3.05, 3.63) is 60.4 Å². The van der Waals surface area contributed by atoms with Crippen LogP contribution < -0.4 is 0 Å². The van der Waals surface area contributed by atoms with Crippen LogP contribution in [0.25, 0.3) is 0 Å². The molecule has 1 aromatic carbocycles. The Morgan fingerprint density at radius 1 is 1.28 bits per heavy atom. The van der Waals surface area contributed by atoms with Gasteiger partial charge in [0.25, 0.3) is 0 Å². The van der Waals surface area contributed by atoms with E-state index in [0.29, 0.717) is 6.61 Å². The van der Waals surface area contributed by atoms with Gasteiger partial charge in [-0.2, -0.15) is 0 Å². The molecule has 1 aliphatic carbocycles. The van der Waals surface area contributed by atoms with Crippen molar-refractivity contribution in [2.75, 3.05) is 0 Å². The summed E-state index contributed by atoms with van der Waals surface area (Å²) < 4.78 is 5.89. The molecule has 1 aliphatic rings. The lowest BCUT2D eigenvalue weighted by Crippen LogP contribution is -2.26. The fourth-order valence-corrected chi connectivity index (χ4v) is 2.51. The maximum absolute atomic E-state index is 5.89. The van der Waals surface area contributed by atoms with E-state index >= 15 is 0 Å². The highest BCUT2D eigenvalue weighted by atomic mass is 16.5. The molecular formula is C17H22O. The van der Waals surface area contributed by atoms with Crippen LogP contribution in [0.15, 0.2) is 54.8 Å². The van der Waals surface area contributed by atoms with Gasteiger partial charge in [0.1, 0.15) is 6.61 Å². The third kappa shape index (κ3) is 2.66. The van der Waals surface area contributed by atoms with Gasteiger partial charge in [-0.3, -0.25) is 0 Å². The van der Waals surface area contributed by atoms with Crippen molar-refractivity contribution in [3.8, 4) is 0 Å². The lowest BCUT2D eigenvalue weighted by molar-refractivity contribution is 0.127. The first-order chi connectivity index (χ1) is 8.63. The fourth-order valence-electron chi connectivity index (χ4n) is 2.51. The van der Waals surface area contributed by atoms with Crippen molar-refractivity contribution in [2.45, 2.75) is 39.2 Å². The number of ether oxygens (including phenoxy) is 1. The van der Waals surface area contributed by atoms with Crippen molar-refractivity contribution in [3.63, 3.8) is 0 Å². The zero-order chi connectivity index (χ0) is 13.0. The van der Waals surface area contributed by atoms with Gasteiger partial charge in [-0.15, -0.1) is 0 Å². The molecule has 0 aromatic heterocycles. The van der Waals surface area contributed by atoms with Crippen molar-refractivity contribution in [2.24, 2.45) is 5.41 Å². The molecule has 0 amide bonds. The SMILES string of the molecule is C=C1CCCCC1(C)C(=C)OCc1ccccc1. The molecule has 18 heavy (non-hydrogen) atoms. The summed E-state index contributed by atoms with van der Waals surface area (Å²) >= 11 is 0. The molecule has 1 nitrogen and oxygen atoms in total. The normalized spacial score (nSPS) is 23.7. The summed E-state index contributed by atoms with van der Waals surface area (Å²) in [5.41, 5.74) is 2.42. The average Bonchev–Trinajstić information content (AvgIpc) is 2.40. The second kappa shape index (κ2) is 5.43. The van der Waals surface area contributed by atoms with Crippen molar-refractivity contribution >= 4 is 0 Å². The van der Waals surface area contributed by atoms with Crippen molar-refractivity contribution in [1.82, 2.24) is 0 Å². The standard InChI is InChI=1S/C17H22O/c1-14-9-7-8-12-17(14,3)15(2)18-13-16-10-5-4-6-11-16/h4-6,10-11H,1-2,7-9,12-13H2,3H3. The maximum atomic E-state index is 5.89. The van der Waals surface area contributed by atoms with E-state index in [4.69, 9.17) is 4.74 Å². The van der Waals surface area contributed by atoms with Crippen LogP contribution in [0.3, 0.4) is 0 Å². The van der Waals surface area contributed by atoms with Crippen LogP contribution >= 0.6 is 0 Å². The minimum Gasteiger partial charge on any atom is -0.493 e. The fraction of sp³-hybridized carbons (Fsp3) is 0.412. The van der Waals surface area contributed by atoms with Gasteiger partial charge in [-0.1, -0.05) is 55.5 Å². The minimum atomic E-state index is -0.0347. The summed E-state index contributed by atoms with van der Waals surface area (Å²) in [5, 5.41) is 0. The number of allylic oxidation sites excluding steroid dienone is 1. The van der Waals surface area contributed by atoms with E-state index < -0.39 is 0 Å². The summed E-state index contributed by atoms with van der Waals surface area (Å²) in [7, 11) is 0. The van der Waals surface area contributed by atoms with Crippen molar-refractivity contribution in [1.29, 1.82) is 0 Å². The summed E-state index contributed by atoms with van der Waals surface area (Å²) in [6, 6.07) is 10.2. The molecule has 0 N–H and O–H groups in total. The van der Waals surface area contributed by atoms with Gasteiger partial charge < -0.3 is 4.74 Å². The van der Waals surface area contributed by atoms with E-state index in [0.717, 1.165) is 18.6 Å². The summed E-state index contributed by atoms with van der Waals surface area (Å²) in [4.78, 5) is 0. The van der Waals surface area contributed by atoms with Crippen LogP contribution in [-0.2, 0) is 11.3 Å². The molecule has 0 bridgehead atoms. The van der Waals surface area contributed by atoms with Crippen LogP contribution in [0.5, 0.6) is 0 Å². The Morgan fingerprint density at radius 3 is 2.67 bits per heavy atom. The molecule has 0 saturated heterocycles. The van der Waals surface area contributed by atoms with Gasteiger partial charge in [0, 0.05) is 5.41 Å². The van der Waals surface area contributed by atoms with Gasteiger partial charge >= 0.3 is 0 Å². The van der Waals surface area contributed by atoms with E-state index in [1.165, 1.54) is 24.0 Å². The predicted molar refractivity (Wildman–Crippen MR) is 76.1 cm³/mol. The topological polar surface area (TPSA) is 9.23 Å². The highest BCUT2D eigenvalue weighted by Gasteiger charge is 2.34. The molecule has 0 aliphatic heterocycles. The number of hydrogen-bond donors (Lipinski definition) is 0. The highest BCUT2D eigenvalue weighted by Crippen LogP contribution is 2.45. The summed E-state index contributed by atoms with van der Waals surface area (Å²) in [6.07, 6.45) is 4.70. The van der Waals surface area contributed by atoms with Crippen LogP contribution in [-0.4, -0.2) is 0 Å². The Labute approximate surface area is 110 Å². The first-order valence-corrected chi connectivity index (χ1v) is 6.67. The van der Waals surface area contributed by atoms with Gasteiger partial charge in [0.15, 0.2) is 0 Å². The van der Waals surface area contributed by atoms with Crippen LogP contribution in [0, 0.1) is 5.41 Å². The molecule has 0 heterocycles. The monoisotopic (exact) mass is 242 g/mol. The first-order valence-electron chi connectivity index (χ1n) is 6.67. The minimum absolute atomic E-state index is 0.0347. The third-order valence-corrected chi connectivity index (χ3v) is 4.06. The van der Waals surface area contributed by atoms with Gasteiger partial charge in [0.05, 0.1) is 5.76 Å². The molecule has 1 fully saturated rings. The Hall–Kier alpha value is -1.50. The molecule has 1 saturated carbocycles. The number of benzene rings is 1.